The monoisotopic (exact) mass is 265 g/mol. The van der Waals surface area contributed by atoms with Gasteiger partial charge in [-0.1, -0.05) is 30.3 Å². The van der Waals surface area contributed by atoms with Gasteiger partial charge < -0.3 is 9.51 Å². The lowest BCUT2D eigenvalue weighted by Crippen LogP contribution is -2.10. The molecule has 2 heterocycles. The third kappa shape index (κ3) is 1.97. The fourth-order valence-corrected chi connectivity index (χ4v) is 2.18. The Hall–Kier alpha value is -2.88. The number of rotatable bonds is 3. The van der Waals surface area contributed by atoms with E-state index in [4.69, 9.17) is 5.11 Å². The molecular weight excluding hydrogens is 254 g/mol. The van der Waals surface area contributed by atoms with Gasteiger partial charge in [-0.05, 0) is 24.3 Å². The van der Waals surface area contributed by atoms with Crippen LogP contribution < -0.4 is 0 Å². The van der Waals surface area contributed by atoms with Gasteiger partial charge in [0.25, 0.3) is 0 Å². The van der Waals surface area contributed by atoms with Crippen molar-refractivity contribution in [2.24, 2.45) is 0 Å². The minimum Gasteiger partial charge on any atom is -0.478 e. The van der Waals surface area contributed by atoms with Crippen molar-refractivity contribution in [3.63, 3.8) is 0 Å². The molecule has 3 rings (SSSR count). The molecule has 1 aromatic carbocycles. The maximum absolute atomic E-state index is 12.5. The van der Waals surface area contributed by atoms with E-state index in [0.29, 0.717) is 16.8 Å². The molecule has 0 fully saturated rings. The number of hydrogen-bond acceptors (Lipinski definition) is 2. The van der Waals surface area contributed by atoms with Crippen molar-refractivity contribution in [1.82, 2.24) is 4.40 Å². The Bertz CT molecular complexity index is 803. The first-order valence-corrected chi connectivity index (χ1v) is 6.11. The molecule has 2 aromatic heterocycles. The summed E-state index contributed by atoms with van der Waals surface area (Å²) in [6.45, 7) is 0. The largest absolute Gasteiger partial charge is 0.478 e. The highest BCUT2D eigenvalue weighted by Crippen LogP contribution is 2.16. The smallest absolute Gasteiger partial charge is 0.335 e. The molecule has 3 aromatic rings. The molecule has 0 aliphatic heterocycles. The van der Waals surface area contributed by atoms with Crippen LogP contribution in [0.25, 0.3) is 5.52 Å². The molecule has 0 saturated heterocycles. The predicted octanol–water partition coefficient (Wildman–Crippen LogP) is 2.87. The molecule has 0 amide bonds. The molecule has 0 radical (unpaired) electrons. The molecule has 1 N–H and O–H groups in total. The second-order valence-corrected chi connectivity index (χ2v) is 4.43. The van der Waals surface area contributed by atoms with Crippen LogP contribution in [0.3, 0.4) is 0 Å². The topological polar surface area (TPSA) is 58.8 Å². The second kappa shape index (κ2) is 4.66. The Labute approximate surface area is 114 Å². The zero-order valence-electron chi connectivity index (χ0n) is 10.5. The Kier molecular flexibility index (Phi) is 2.84. The highest BCUT2D eigenvalue weighted by molar-refractivity contribution is 6.09. The number of aromatic nitrogens is 1. The van der Waals surface area contributed by atoms with Crippen LogP contribution in [-0.4, -0.2) is 21.3 Å². The number of carboxylic acid groups (broad SMARTS) is 1. The van der Waals surface area contributed by atoms with Crippen LogP contribution in [0.15, 0.2) is 60.8 Å². The van der Waals surface area contributed by atoms with Crippen molar-refractivity contribution >= 4 is 17.3 Å². The Morgan fingerprint density at radius 3 is 2.35 bits per heavy atom. The van der Waals surface area contributed by atoms with Crippen LogP contribution in [0.1, 0.15) is 26.4 Å². The summed E-state index contributed by atoms with van der Waals surface area (Å²) in [5.74, 6) is -1.24. The Morgan fingerprint density at radius 2 is 1.65 bits per heavy atom. The highest BCUT2D eigenvalue weighted by Gasteiger charge is 2.15. The first-order chi connectivity index (χ1) is 9.66. The molecule has 0 aliphatic carbocycles. The molecule has 0 bridgehead atoms. The number of hydrogen-bond donors (Lipinski definition) is 1. The molecular formula is C16H11NO3. The second-order valence-electron chi connectivity index (χ2n) is 4.43. The molecule has 0 spiro atoms. The summed E-state index contributed by atoms with van der Waals surface area (Å²) in [7, 11) is 0. The van der Waals surface area contributed by atoms with Gasteiger partial charge in [0.2, 0.25) is 5.78 Å². The van der Waals surface area contributed by atoms with Crippen LogP contribution in [0.4, 0.5) is 0 Å². The molecule has 4 nitrogen and oxygen atoms in total. The summed E-state index contributed by atoms with van der Waals surface area (Å²) in [6.07, 6.45) is 1.75. The molecule has 0 unspecified atom stereocenters. The van der Waals surface area contributed by atoms with Gasteiger partial charge in [-0.2, -0.15) is 0 Å². The molecule has 0 saturated carbocycles. The van der Waals surface area contributed by atoms with E-state index in [-0.39, 0.29) is 11.3 Å². The highest BCUT2D eigenvalue weighted by atomic mass is 16.4. The van der Waals surface area contributed by atoms with Crippen molar-refractivity contribution in [3.8, 4) is 0 Å². The third-order valence-electron chi connectivity index (χ3n) is 3.15. The van der Waals surface area contributed by atoms with E-state index in [1.807, 2.05) is 6.07 Å². The summed E-state index contributed by atoms with van der Waals surface area (Å²) >= 11 is 0. The zero-order chi connectivity index (χ0) is 14.1. The summed E-state index contributed by atoms with van der Waals surface area (Å²) in [5.41, 5.74) is 1.67. The minimum absolute atomic E-state index is 0.107. The molecule has 0 atom stereocenters. The van der Waals surface area contributed by atoms with E-state index < -0.39 is 5.97 Å². The van der Waals surface area contributed by atoms with Crippen LogP contribution in [0.5, 0.6) is 0 Å². The van der Waals surface area contributed by atoms with Gasteiger partial charge in [-0.3, -0.25) is 4.79 Å². The van der Waals surface area contributed by atoms with Crippen LogP contribution in [0, 0.1) is 0 Å². The fraction of sp³-hybridized carbons (Fsp3) is 0. The average molecular weight is 265 g/mol. The minimum atomic E-state index is -1.05. The van der Waals surface area contributed by atoms with Gasteiger partial charge in [0.05, 0.1) is 11.3 Å². The van der Waals surface area contributed by atoms with Crippen LogP contribution in [0.2, 0.25) is 0 Å². The zero-order valence-corrected chi connectivity index (χ0v) is 10.5. The van der Waals surface area contributed by atoms with E-state index in [0.717, 1.165) is 0 Å². The van der Waals surface area contributed by atoms with Crippen molar-refractivity contribution in [2.75, 3.05) is 0 Å². The SMILES string of the molecule is O=C(O)c1cc(C(=O)c2ccccc2)n2cccc2c1. The van der Waals surface area contributed by atoms with E-state index in [9.17, 15) is 9.59 Å². The third-order valence-corrected chi connectivity index (χ3v) is 3.15. The molecule has 98 valence electrons. The van der Waals surface area contributed by atoms with Crippen LogP contribution in [-0.2, 0) is 0 Å². The van der Waals surface area contributed by atoms with Crippen molar-refractivity contribution in [2.45, 2.75) is 0 Å². The lowest BCUT2D eigenvalue weighted by molar-refractivity contribution is 0.0697. The molecule has 20 heavy (non-hydrogen) atoms. The van der Waals surface area contributed by atoms with Gasteiger partial charge >= 0.3 is 5.97 Å². The summed E-state index contributed by atoms with van der Waals surface area (Å²) in [5, 5.41) is 9.14. The summed E-state index contributed by atoms with van der Waals surface area (Å²) in [6, 6.07) is 15.3. The van der Waals surface area contributed by atoms with Gasteiger partial charge in [-0.15, -0.1) is 0 Å². The standard InChI is InChI=1S/C16H11NO3/c18-15(11-5-2-1-3-6-11)14-10-12(16(19)20)9-13-7-4-8-17(13)14/h1-10H,(H,19,20). The summed E-state index contributed by atoms with van der Waals surface area (Å²) < 4.78 is 1.70. The summed E-state index contributed by atoms with van der Waals surface area (Å²) in [4.78, 5) is 23.7. The number of benzene rings is 1. The number of carboxylic acids is 1. The molecule has 4 heteroatoms. The van der Waals surface area contributed by atoms with E-state index in [1.165, 1.54) is 6.07 Å². The first-order valence-electron chi connectivity index (χ1n) is 6.11. The van der Waals surface area contributed by atoms with Crippen LogP contribution >= 0.6 is 0 Å². The van der Waals surface area contributed by atoms with Gasteiger partial charge in [-0.25, -0.2) is 4.79 Å². The number of carbonyl (C=O) groups is 2. The number of pyridine rings is 1. The molecule has 0 aliphatic rings. The van der Waals surface area contributed by atoms with Crippen molar-refractivity contribution < 1.29 is 14.7 Å². The van der Waals surface area contributed by atoms with Crippen molar-refractivity contribution in [3.05, 3.63) is 77.6 Å². The predicted molar refractivity (Wildman–Crippen MR) is 74.2 cm³/mol. The lowest BCUT2D eigenvalue weighted by atomic mass is 10.1. The quantitative estimate of drug-likeness (QED) is 0.741. The Balaban J connectivity index is 2.22. The number of carbonyl (C=O) groups excluding carboxylic acids is 1. The maximum Gasteiger partial charge on any atom is 0.335 e. The van der Waals surface area contributed by atoms with Crippen molar-refractivity contribution in [1.29, 1.82) is 0 Å². The Morgan fingerprint density at radius 1 is 0.900 bits per heavy atom. The number of nitrogens with zero attached hydrogens (tertiary/aromatic N) is 1. The fourth-order valence-electron chi connectivity index (χ4n) is 2.18. The van der Waals surface area contributed by atoms with E-state index >= 15 is 0 Å². The maximum atomic E-state index is 12.5. The van der Waals surface area contributed by atoms with Gasteiger partial charge in [0.15, 0.2) is 0 Å². The lowest BCUT2D eigenvalue weighted by Gasteiger charge is -2.07. The normalized spacial score (nSPS) is 10.6. The van der Waals surface area contributed by atoms with Gasteiger partial charge in [0.1, 0.15) is 0 Å². The number of aromatic carboxylic acids is 1. The van der Waals surface area contributed by atoms with Gasteiger partial charge in [0, 0.05) is 17.3 Å². The van der Waals surface area contributed by atoms with E-state index in [1.54, 1.807) is 53.1 Å². The number of fused-ring (bicyclic) bond motifs is 1. The first kappa shape index (κ1) is 12.2. The number of ketones is 1. The average Bonchev–Trinajstić information content (AvgIpc) is 2.94. The van der Waals surface area contributed by atoms with E-state index in [2.05, 4.69) is 0 Å².